The average molecular weight is 336 g/mol. The molecule has 0 aliphatic carbocycles. The number of nitrogens with zero attached hydrogens (tertiary/aromatic N) is 1. The Kier molecular flexibility index (Phi) is 4.74. The van der Waals surface area contributed by atoms with Crippen molar-refractivity contribution in [2.24, 2.45) is 0 Å². The van der Waals surface area contributed by atoms with E-state index in [1.807, 2.05) is 6.92 Å². The molecule has 5 heteroatoms. The number of pyridine rings is 1. The molecule has 1 aromatic heterocycles. The van der Waals surface area contributed by atoms with Gasteiger partial charge in [0.2, 0.25) is 0 Å². The molecule has 20 heavy (non-hydrogen) atoms. The van der Waals surface area contributed by atoms with E-state index in [-0.39, 0.29) is 5.56 Å². The van der Waals surface area contributed by atoms with Crippen LogP contribution in [0.3, 0.4) is 0 Å². The van der Waals surface area contributed by atoms with Crippen LogP contribution in [0.15, 0.2) is 41.1 Å². The molecule has 0 unspecified atom stereocenters. The quantitative estimate of drug-likeness (QED) is 0.897. The standard InChI is InChI=1S/C15H14BrNO3/c1-2-5-20-12-6-10(8-17-9-12)13-4-3-11(16)7-14(13)15(18)19/h3-4,6-9H,2,5H2,1H3,(H,18,19). The lowest BCUT2D eigenvalue weighted by Gasteiger charge is -2.09. The summed E-state index contributed by atoms with van der Waals surface area (Å²) >= 11 is 3.28. The highest BCUT2D eigenvalue weighted by atomic mass is 79.9. The lowest BCUT2D eigenvalue weighted by Crippen LogP contribution is -2.00. The van der Waals surface area contributed by atoms with Crippen molar-refractivity contribution < 1.29 is 14.6 Å². The van der Waals surface area contributed by atoms with E-state index in [0.29, 0.717) is 17.9 Å². The molecule has 0 aliphatic heterocycles. The van der Waals surface area contributed by atoms with Gasteiger partial charge < -0.3 is 9.84 Å². The predicted octanol–water partition coefficient (Wildman–Crippen LogP) is 4.00. The second-order valence-corrected chi connectivity index (χ2v) is 5.17. The van der Waals surface area contributed by atoms with E-state index in [0.717, 1.165) is 16.5 Å². The largest absolute Gasteiger partial charge is 0.492 e. The Hall–Kier alpha value is -1.88. The van der Waals surface area contributed by atoms with Crippen molar-refractivity contribution in [3.05, 3.63) is 46.7 Å². The van der Waals surface area contributed by atoms with E-state index in [2.05, 4.69) is 20.9 Å². The highest BCUT2D eigenvalue weighted by Crippen LogP contribution is 2.28. The number of aromatic nitrogens is 1. The summed E-state index contributed by atoms with van der Waals surface area (Å²) in [7, 11) is 0. The van der Waals surface area contributed by atoms with E-state index in [1.165, 1.54) is 0 Å². The first-order valence-electron chi connectivity index (χ1n) is 6.23. The number of aromatic carboxylic acids is 1. The number of hydrogen-bond acceptors (Lipinski definition) is 3. The van der Waals surface area contributed by atoms with Gasteiger partial charge in [0.25, 0.3) is 0 Å². The number of benzene rings is 1. The van der Waals surface area contributed by atoms with Gasteiger partial charge in [0.1, 0.15) is 5.75 Å². The zero-order valence-electron chi connectivity index (χ0n) is 11.0. The summed E-state index contributed by atoms with van der Waals surface area (Å²) in [5, 5.41) is 9.29. The van der Waals surface area contributed by atoms with Crippen LogP contribution in [0, 0.1) is 0 Å². The number of halogens is 1. The molecule has 0 radical (unpaired) electrons. The molecule has 0 atom stereocenters. The van der Waals surface area contributed by atoms with Crippen molar-refractivity contribution >= 4 is 21.9 Å². The van der Waals surface area contributed by atoms with Crippen molar-refractivity contribution in [1.29, 1.82) is 0 Å². The third-order valence-electron chi connectivity index (χ3n) is 2.71. The lowest BCUT2D eigenvalue weighted by atomic mass is 10.0. The van der Waals surface area contributed by atoms with E-state index < -0.39 is 5.97 Å². The second kappa shape index (κ2) is 6.52. The molecule has 2 aromatic rings. The number of carboxylic acid groups (broad SMARTS) is 1. The second-order valence-electron chi connectivity index (χ2n) is 4.25. The molecule has 0 spiro atoms. The number of ether oxygens (including phenoxy) is 1. The molecule has 0 saturated carbocycles. The minimum absolute atomic E-state index is 0.230. The molecule has 1 aromatic carbocycles. The third kappa shape index (κ3) is 3.36. The van der Waals surface area contributed by atoms with Crippen LogP contribution in [-0.2, 0) is 0 Å². The minimum atomic E-state index is -0.971. The van der Waals surface area contributed by atoms with E-state index in [4.69, 9.17) is 4.74 Å². The van der Waals surface area contributed by atoms with Crippen molar-refractivity contribution in [2.75, 3.05) is 6.61 Å². The fourth-order valence-corrected chi connectivity index (χ4v) is 2.17. The van der Waals surface area contributed by atoms with Gasteiger partial charge >= 0.3 is 5.97 Å². The Bertz CT molecular complexity index is 628. The number of hydrogen-bond donors (Lipinski definition) is 1. The molecule has 2 rings (SSSR count). The van der Waals surface area contributed by atoms with Crippen LogP contribution in [0.1, 0.15) is 23.7 Å². The van der Waals surface area contributed by atoms with Crippen LogP contribution < -0.4 is 4.74 Å². The summed E-state index contributed by atoms with van der Waals surface area (Å²) in [6.45, 7) is 2.63. The van der Waals surface area contributed by atoms with E-state index in [9.17, 15) is 9.90 Å². The van der Waals surface area contributed by atoms with Crippen molar-refractivity contribution in [1.82, 2.24) is 4.98 Å². The van der Waals surface area contributed by atoms with E-state index >= 15 is 0 Å². The molecule has 0 fully saturated rings. The summed E-state index contributed by atoms with van der Waals surface area (Å²) in [5.74, 6) is -0.329. The first-order chi connectivity index (χ1) is 9.61. The molecule has 0 amide bonds. The molecule has 4 nitrogen and oxygen atoms in total. The molecular weight excluding hydrogens is 322 g/mol. The van der Waals surface area contributed by atoms with Gasteiger partial charge in [0, 0.05) is 16.2 Å². The Morgan fingerprint density at radius 2 is 2.15 bits per heavy atom. The van der Waals surface area contributed by atoms with Crippen molar-refractivity contribution in [3.63, 3.8) is 0 Å². The maximum Gasteiger partial charge on any atom is 0.336 e. The number of rotatable bonds is 5. The fraction of sp³-hybridized carbons (Fsp3) is 0.200. The first-order valence-corrected chi connectivity index (χ1v) is 7.02. The van der Waals surface area contributed by atoms with Crippen LogP contribution in [0.25, 0.3) is 11.1 Å². The Morgan fingerprint density at radius 1 is 1.35 bits per heavy atom. The SMILES string of the molecule is CCCOc1cncc(-c2ccc(Br)cc2C(=O)O)c1. The normalized spacial score (nSPS) is 10.3. The van der Waals surface area contributed by atoms with Crippen LogP contribution >= 0.6 is 15.9 Å². The van der Waals surface area contributed by atoms with E-state index in [1.54, 1.807) is 36.7 Å². The van der Waals surface area contributed by atoms with Gasteiger partial charge in [-0.15, -0.1) is 0 Å². The summed E-state index contributed by atoms with van der Waals surface area (Å²) in [5.41, 5.74) is 1.58. The van der Waals surface area contributed by atoms with Gasteiger partial charge in [-0.1, -0.05) is 28.9 Å². The van der Waals surface area contributed by atoms with Gasteiger partial charge in [-0.3, -0.25) is 4.98 Å². The third-order valence-corrected chi connectivity index (χ3v) is 3.20. The van der Waals surface area contributed by atoms with Crippen molar-refractivity contribution in [2.45, 2.75) is 13.3 Å². The fourth-order valence-electron chi connectivity index (χ4n) is 1.81. The Labute approximate surface area is 125 Å². The van der Waals surface area contributed by atoms with Crippen molar-refractivity contribution in [3.8, 4) is 16.9 Å². The first kappa shape index (κ1) is 14.5. The zero-order valence-corrected chi connectivity index (χ0v) is 12.6. The minimum Gasteiger partial charge on any atom is -0.492 e. The Balaban J connectivity index is 2.43. The molecular formula is C15H14BrNO3. The average Bonchev–Trinajstić information content (AvgIpc) is 2.45. The van der Waals surface area contributed by atoms with Crippen LogP contribution in [0.4, 0.5) is 0 Å². The topological polar surface area (TPSA) is 59.4 Å². The van der Waals surface area contributed by atoms with Gasteiger partial charge in [0.05, 0.1) is 18.4 Å². The van der Waals surface area contributed by atoms with Crippen LogP contribution in [0.5, 0.6) is 5.75 Å². The van der Waals surface area contributed by atoms with Gasteiger partial charge in [-0.25, -0.2) is 4.79 Å². The molecule has 0 bridgehead atoms. The monoisotopic (exact) mass is 335 g/mol. The molecule has 1 heterocycles. The summed E-state index contributed by atoms with van der Waals surface area (Å²) in [6.07, 6.45) is 4.16. The molecule has 0 aliphatic rings. The Morgan fingerprint density at radius 3 is 2.85 bits per heavy atom. The van der Waals surface area contributed by atoms with Gasteiger partial charge in [0.15, 0.2) is 0 Å². The predicted molar refractivity (Wildman–Crippen MR) is 80.1 cm³/mol. The maximum absolute atomic E-state index is 11.3. The highest BCUT2D eigenvalue weighted by Gasteiger charge is 2.13. The molecule has 1 N–H and O–H groups in total. The van der Waals surface area contributed by atoms with Gasteiger partial charge in [-0.05, 0) is 30.2 Å². The smallest absolute Gasteiger partial charge is 0.336 e. The number of carboxylic acids is 1. The zero-order chi connectivity index (χ0) is 14.5. The van der Waals surface area contributed by atoms with Crippen LogP contribution in [-0.4, -0.2) is 22.7 Å². The lowest BCUT2D eigenvalue weighted by molar-refractivity contribution is 0.0697. The van der Waals surface area contributed by atoms with Crippen LogP contribution in [0.2, 0.25) is 0 Å². The highest BCUT2D eigenvalue weighted by molar-refractivity contribution is 9.10. The molecule has 104 valence electrons. The molecule has 0 saturated heterocycles. The number of carbonyl (C=O) groups is 1. The maximum atomic E-state index is 11.3. The summed E-state index contributed by atoms with van der Waals surface area (Å²) in [4.78, 5) is 15.4. The van der Waals surface area contributed by atoms with Gasteiger partial charge in [-0.2, -0.15) is 0 Å². The summed E-state index contributed by atoms with van der Waals surface area (Å²) in [6, 6.07) is 6.95. The summed E-state index contributed by atoms with van der Waals surface area (Å²) < 4.78 is 6.25.